The average molecular weight is 271 g/mol. The molecule has 0 fully saturated rings. The minimum Gasteiger partial charge on any atom is -0.370 e. The first-order valence-corrected chi connectivity index (χ1v) is 6.72. The second-order valence-corrected chi connectivity index (χ2v) is 5.50. The largest absolute Gasteiger partial charge is 0.370 e. The summed E-state index contributed by atoms with van der Waals surface area (Å²) >= 11 is 6.11. The predicted molar refractivity (Wildman–Crippen MR) is 77.4 cm³/mol. The van der Waals surface area contributed by atoms with Gasteiger partial charge in [0.05, 0.1) is 10.7 Å². The summed E-state index contributed by atoms with van der Waals surface area (Å²) in [4.78, 5) is 0. The van der Waals surface area contributed by atoms with Crippen molar-refractivity contribution in [1.82, 2.24) is 0 Å². The Balaban J connectivity index is 3.01. The Bertz CT molecular complexity index is 395. The summed E-state index contributed by atoms with van der Waals surface area (Å²) in [6.45, 7) is 7.95. The maximum absolute atomic E-state index is 10.7. The molecule has 0 saturated carbocycles. The number of halogens is 1. The average Bonchev–Trinajstić information content (AvgIpc) is 2.36. The molecule has 0 aliphatic heterocycles. The summed E-state index contributed by atoms with van der Waals surface area (Å²) in [5, 5.41) is 12.6. The summed E-state index contributed by atoms with van der Waals surface area (Å²) in [5.74, 6) is 6.47. The number of nitrogens with zero attached hydrogens (tertiary/aromatic N) is 1. The van der Waals surface area contributed by atoms with E-state index in [0.29, 0.717) is 16.6 Å². The number of nitrogens with two attached hydrogens (primary N) is 1. The van der Waals surface area contributed by atoms with Crippen LogP contribution in [0.25, 0.3) is 0 Å². The topological polar surface area (TPSA) is 49.5 Å². The molecule has 1 aromatic rings. The maximum atomic E-state index is 10.7. The van der Waals surface area contributed by atoms with Crippen LogP contribution in [-0.2, 0) is 0 Å². The number of para-hydroxylation sites is 1. The van der Waals surface area contributed by atoms with Gasteiger partial charge in [-0.05, 0) is 25.0 Å². The lowest BCUT2D eigenvalue weighted by Crippen LogP contribution is -2.56. The van der Waals surface area contributed by atoms with Crippen LogP contribution in [0.15, 0.2) is 24.3 Å². The predicted octanol–water partition coefficient (Wildman–Crippen LogP) is 3.41. The van der Waals surface area contributed by atoms with Crippen LogP contribution in [0.2, 0.25) is 5.02 Å². The van der Waals surface area contributed by atoms with Gasteiger partial charge in [0.2, 0.25) is 0 Å². The van der Waals surface area contributed by atoms with Crippen molar-refractivity contribution < 1.29 is 5.11 Å². The fourth-order valence-corrected chi connectivity index (χ4v) is 2.23. The highest BCUT2D eigenvalue weighted by Gasteiger charge is 2.37. The molecule has 1 rings (SSSR count). The number of hydrogen-bond donors (Lipinski definition) is 2. The molecule has 0 spiro atoms. The highest BCUT2D eigenvalue weighted by molar-refractivity contribution is 6.33. The Morgan fingerprint density at radius 3 is 2.44 bits per heavy atom. The first kappa shape index (κ1) is 15.3. The van der Waals surface area contributed by atoms with Gasteiger partial charge in [-0.3, -0.25) is 5.01 Å². The van der Waals surface area contributed by atoms with Gasteiger partial charge < -0.3 is 5.11 Å². The Hall–Kier alpha value is -0.770. The van der Waals surface area contributed by atoms with Gasteiger partial charge in [-0.15, -0.1) is 0 Å². The van der Waals surface area contributed by atoms with E-state index in [-0.39, 0.29) is 5.92 Å². The van der Waals surface area contributed by atoms with Crippen molar-refractivity contribution in [3.63, 3.8) is 0 Å². The molecule has 0 radical (unpaired) electrons. The van der Waals surface area contributed by atoms with Crippen molar-refractivity contribution in [1.29, 1.82) is 0 Å². The van der Waals surface area contributed by atoms with Gasteiger partial charge in [-0.25, -0.2) is 5.84 Å². The van der Waals surface area contributed by atoms with Gasteiger partial charge in [0, 0.05) is 5.92 Å². The van der Waals surface area contributed by atoms with Crippen LogP contribution in [0.3, 0.4) is 0 Å². The molecular formula is C14H23ClN2O. The van der Waals surface area contributed by atoms with Crippen molar-refractivity contribution in [2.24, 2.45) is 17.7 Å². The molecule has 0 bridgehead atoms. The third-order valence-corrected chi connectivity index (χ3v) is 4.28. The Morgan fingerprint density at radius 2 is 1.94 bits per heavy atom. The Labute approximate surface area is 115 Å². The van der Waals surface area contributed by atoms with Crippen LogP contribution in [0.1, 0.15) is 34.1 Å². The van der Waals surface area contributed by atoms with E-state index in [1.54, 1.807) is 19.1 Å². The molecule has 0 amide bonds. The van der Waals surface area contributed by atoms with Crippen molar-refractivity contribution in [3.05, 3.63) is 29.3 Å². The molecule has 0 aliphatic rings. The minimum absolute atomic E-state index is 0.0313. The summed E-state index contributed by atoms with van der Waals surface area (Å²) in [6.07, 6.45) is 0.994. The zero-order chi connectivity index (χ0) is 13.9. The van der Waals surface area contributed by atoms with Crippen LogP contribution < -0.4 is 10.9 Å². The summed E-state index contributed by atoms with van der Waals surface area (Å²) in [6, 6.07) is 7.26. The molecule has 0 aromatic heterocycles. The molecule has 3 nitrogen and oxygen atoms in total. The number of aliphatic hydroxyl groups is 1. The van der Waals surface area contributed by atoms with Crippen molar-refractivity contribution in [3.8, 4) is 0 Å². The molecule has 2 unspecified atom stereocenters. The monoisotopic (exact) mass is 270 g/mol. The molecule has 1 aromatic carbocycles. The van der Waals surface area contributed by atoms with Gasteiger partial charge in [-0.2, -0.15) is 0 Å². The molecule has 102 valence electrons. The van der Waals surface area contributed by atoms with E-state index in [1.165, 1.54) is 5.01 Å². The number of hydrazine groups is 1. The molecule has 3 N–H and O–H groups in total. The van der Waals surface area contributed by atoms with E-state index < -0.39 is 5.72 Å². The van der Waals surface area contributed by atoms with E-state index >= 15 is 0 Å². The third-order valence-electron chi connectivity index (χ3n) is 3.96. The molecule has 4 heteroatoms. The Morgan fingerprint density at radius 1 is 1.39 bits per heavy atom. The molecule has 3 atom stereocenters. The highest BCUT2D eigenvalue weighted by Crippen LogP contribution is 2.34. The van der Waals surface area contributed by atoms with Crippen molar-refractivity contribution in [2.45, 2.75) is 39.8 Å². The second-order valence-electron chi connectivity index (χ2n) is 5.09. The van der Waals surface area contributed by atoms with Crippen molar-refractivity contribution in [2.75, 3.05) is 5.01 Å². The van der Waals surface area contributed by atoms with Gasteiger partial charge >= 0.3 is 0 Å². The number of rotatable bonds is 5. The number of anilines is 1. The van der Waals surface area contributed by atoms with Crippen LogP contribution in [0.5, 0.6) is 0 Å². The molecule has 0 heterocycles. The standard InChI is InChI=1S/C14H23ClN2O/c1-5-10(2)11(3)14(4,18)17(16)13-9-7-6-8-12(13)15/h6-11,18H,5,16H2,1-4H3/t10?,11-,14?/m0/s1. The lowest BCUT2D eigenvalue weighted by molar-refractivity contribution is -0.0192. The van der Waals surface area contributed by atoms with Gasteiger partial charge in [0.1, 0.15) is 0 Å². The quantitative estimate of drug-likeness (QED) is 0.490. The second kappa shape index (κ2) is 5.91. The first-order chi connectivity index (χ1) is 8.32. The number of hydrogen-bond acceptors (Lipinski definition) is 3. The van der Waals surface area contributed by atoms with Crippen LogP contribution in [0, 0.1) is 11.8 Å². The lowest BCUT2D eigenvalue weighted by Gasteiger charge is -2.42. The van der Waals surface area contributed by atoms with Gasteiger partial charge in [0.15, 0.2) is 5.72 Å². The maximum Gasteiger partial charge on any atom is 0.151 e. The van der Waals surface area contributed by atoms with E-state index in [1.807, 2.05) is 19.1 Å². The van der Waals surface area contributed by atoms with Crippen LogP contribution in [0.4, 0.5) is 5.69 Å². The summed E-state index contributed by atoms with van der Waals surface area (Å²) in [7, 11) is 0. The highest BCUT2D eigenvalue weighted by atomic mass is 35.5. The third kappa shape index (κ3) is 2.97. The zero-order valence-corrected chi connectivity index (χ0v) is 12.3. The summed E-state index contributed by atoms with van der Waals surface area (Å²) in [5.41, 5.74) is -0.500. The molecule has 0 aliphatic carbocycles. The molecule has 0 saturated heterocycles. The van der Waals surface area contributed by atoms with Crippen molar-refractivity contribution >= 4 is 17.3 Å². The van der Waals surface area contributed by atoms with E-state index in [4.69, 9.17) is 17.4 Å². The van der Waals surface area contributed by atoms with Gasteiger partial charge in [0.25, 0.3) is 0 Å². The zero-order valence-electron chi connectivity index (χ0n) is 11.5. The van der Waals surface area contributed by atoms with Crippen LogP contribution in [-0.4, -0.2) is 10.8 Å². The lowest BCUT2D eigenvalue weighted by atomic mass is 9.85. The summed E-state index contributed by atoms with van der Waals surface area (Å²) < 4.78 is 0. The van der Waals surface area contributed by atoms with E-state index in [0.717, 1.165) is 6.42 Å². The Kier molecular flexibility index (Phi) is 5.02. The first-order valence-electron chi connectivity index (χ1n) is 6.34. The number of benzene rings is 1. The smallest absolute Gasteiger partial charge is 0.151 e. The molecular weight excluding hydrogens is 248 g/mol. The van der Waals surface area contributed by atoms with E-state index in [2.05, 4.69) is 13.8 Å². The minimum atomic E-state index is -1.14. The van der Waals surface area contributed by atoms with Crippen LogP contribution >= 0.6 is 11.6 Å². The normalized spacial score (nSPS) is 17.9. The van der Waals surface area contributed by atoms with E-state index in [9.17, 15) is 5.11 Å². The fraction of sp³-hybridized carbons (Fsp3) is 0.571. The molecule has 18 heavy (non-hydrogen) atoms. The van der Waals surface area contributed by atoms with Gasteiger partial charge in [-0.1, -0.05) is 50.9 Å². The SMILES string of the molecule is CCC(C)[C@H](C)C(C)(O)N(N)c1ccccc1Cl. The fourth-order valence-electron chi connectivity index (χ4n) is 2.00.